The van der Waals surface area contributed by atoms with E-state index in [1.807, 2.05) is 36.1 Å². The van der Waals surface area contributed by atoms with Crippen LogP contribution in [-0.2, 0) is 4.74 Å². The van der Waals surface area contributed by atoms with Gasteiger partial charge in [0.15, 0.2) is 0 Å². The minimum Gasteiger partial charge on any atom is -0.494 e. The largest absolute Gasteiger partial charge is 0.494 e. The smallest absolute Gasteiger partial charge is 0.292 e. The van der Waals surface area contributed by atoms with Crippen LogP contribution in [0, 0.1) is 0 Å². The third-order valence-electron chi connectivity index (χ3n) is 2.59. The molecule has 0 amide bonds. The highest BCUT2D eigenvalue weighted by Crippen LogP contribution is 2.19. The van der Waals surface area contributed by atoms with Crippen LogP contribution in [-0.4, -0.2) is 43.1 Å². The Kier molecular flexibility index (Phi) is 4.70. The Hall–Kier alpha value is -1.42. The van der Waals surface area contributed by atoms with Crippen molar-refractivity contribution in [2.75, 3.05) is 32.2 Å². The van der Waals surface area contributed by atoms with Crippen LogP contribution < -0.4 is 4.74 Å². The van der Waals surface area contributed by atoms with E-state index in [0.717, 1.165) is 24.5 Å². The summed E-state index contributed by atoms with van der Waals surface area (Å²) in [7, 11) is 0. The summed E-state index contributed by atoms with van der Waals surface area (Å²) in [4.78, 5) is 6.51. The third kappa shape index (κ3) is 3.29. The maximum atomic E-state index is 5.74. The molecular formula is C13H17ClN2O2. The Morgan fingerprint density at radius 1 is 1.39 bits per heavy atom. The molecule has 1 aromatic carbocycles. The van der Waals surface area contributed by atoms with Crippen LogP contribution in [0.5, 0.6) is 5.75 Å². The molecule has 1 aliphatic rings. The van der Waals surface area contributed by atoms with E-state index in [0.29, 0.717) is 25.1 Å². The number of ether oxygens (including phenoxy) is 2. The van der Waals surface area contributed by atoms with Gasteiger partial charge in [0, 0.05) is 12.4 Å². The van der Waals surface area contributed by atoms with Gasteiger partial charge in [0.05, 0.1) is 18.8 Å². The minimum atomic E-state index is 0.575. The molecular weight excluding hydrogens is 252 g/mol. The van der Waals surface area contributed by atoms with Gasteiger partial charge in [-0.3, -0.25) is 0 Å². The predicted molar refractivity (Wildman–Crippen MR) is 73.0 cm³/mol. The Morgan fingerprint density at radius 3 is 2.83 bits per heavy atom. The molecule has 0 bridgehead atoms. The van der Waals surface area contributed by atoms with Crippen molar-refractivity contribution in [1.29, 1.82) is 0 Å². The van der Waals surface area contributed by atoms with Gasteiger partial charge in [0.25, 0.3) is 6.02 Å². The van der Waals surface area contributed by atoms with Gasteiger partial charge in [-0.05, 0) is 31.2 Å². The molecule has 5 heteroatoms. The van der Waals surface area contributed by atoms with Gasteiger partial charge in [-0.1, -0.05) is 0 Å². The average Bonchev–Trinajstić information content (AvgIpc) is 2.80. The van der Waals surface area contributed by atoms with Gasteiger partial charge in [-0.2, -0.15) is 4.99 Å². The molecule has 18 heavy (non-hydrogen) atoms. The lowest BCUT2D eigenvalue weighted by Crippen LogP contribution is -2.27. The quantitative estimate of drug-likeness (QED) is 0.770. The van der Waals surface area contributed by atoms with E-state index in [2.05, 4.69) is 4.99 Å². The van der Waals surface area contributed by atoms with Crippen LogP contribution in [0.3, 0.4) is 0 Å². The first-order chi connectivity index (χ1) is 8.83. The lowest BCUT2D eigenvalue weighted by atomic mass is 10.3. The van der Waals surface area contributed by atoms with E-state index in [1.165, 1.54) is 0 Å². The van der Waals surface area contributed by atoms with Crippen molar-refractivity contribution in [3.05, 3.63) is 24.3 Å². The van der Waals surface area contributed by atoms with Crippen LogP contribution in [0.15, 0.2) is 29.3 Å². The lowest BCUT2D eigenvalue weighted by Gasteiger charge is -2.13. The molecule has 2 rings (SSSR count). The molecule has 4 nitrogen and oxygen atoms in total. The number of nitrogens with zero attached hydrogens (tertiary/aromatic N) is 2. The average molecular weight is 269 g/mol. The van der Waals surface area contributed by atoms with Crippen molar-refractivity contribution >= 4 is 23.3 Å². The van der Waals surface area contributed by atoms with Crippen molar-refractivity contribution < 1.29 is 9.47 Å². The SMILES string of the molecule is CCOc1ccc(N=C2OCCN2CCCl)cc1. The zero-order chi connectivity index (χ0) is 12.8. The Balaban J connectivity index is 2.07. The van der Waals surface area contributed by atoms with Crippen molar-refractivity contribution in [2.45, 2.75) is 6.92 Å². The minimum absolute atomic E-state index is 0.575. The number of hydrogen-bond donors (Lipinski definition) is 0. The van der Waals surface area contributed by atoms with Gasteiger partial charge >= 0.3 is 0 Å². The summed E-state index contributed by atoms with van der Waals surface area (Å²) in [5.74, 6) is 1.43. The highest BCUT2D eigenvalue weighted by Gasteiger charge is 2.19. The molecule has 1 fully saturated rings. The first kappa shape index (κ1) is 13.0. The molecule has 1 heterocycles. The van der Waals surface area contributed by atoms with Gasteiger partial charge < -0.3 is 14.4 Å². The molecule has 1 aliphatic heterocycles. The van der Waals surface area contributed by atoms with Crippen molar-refractivity contribution in [2.24, 2.45) is 4.99 Å². The van der Waals surface area contributed by atoms with Crippen molar-refractivity contribution in [3.63, 3.8) is 0 Å². The maximum Gasteiger partial charge on any atom is 0.292 e. The predicted octanol–water partition coefficient (Wildman–Crippen LogP) is 2.64. The molecule has 0 N–H and O–H groups in total. The highest BCUT2D eigenvalue weighted by molar-refractivity contribution is 6.18. The highest BCUT2D eigenvalue weighted by atomic mass is 35.5. The number of rotatable bonds is 5. The monoisotopic (exact) mass is 268 g/mol. The molecule has 0 radical (unpaired) electrons. The summed E-state index contributed by atoms with van der Waals surface area (Å²) in [6.07, 6.45) is 0. The fourth-order valence-electron chi connectivity index (χ4n) is 1.74. The van der Waals surface area contributed by atoms with Crippen LogP contribution in [0.1, 0.15) is 6.92 Å². The second-order valence-electron chi connectivity index (χ2n) is 3.85. The lowest BCUT2D eigenvalue weighted by molar-refractivity contribution is 0.340. The summed E-state index contributed by atoms with van der Waals surface area (Å²) >= 11 is 5.74. The molecule has 0 spiro atoms. The Morgan fingerprint density at radius 2 is 2.17 bits per heavy atom. The number of hydrogen-bond acceptors (Lipinski definition) is 3. The van der Waals surface area contributed by atoms with Crippen LogP contribution in [0.25, 0.3) is 0 Å². The van der Waals surface area contributed by atoms with Gasteiger partial charge in [0.1, 0.15) is 12.4 Å². The summed E-state index contributed by atoms with van der Waals surface area (Å²) in [5.41, 5.74) is 0.856. The van der Waals surface area contributed by atoms with Crippen molar-refractivity contribution in [1.82, 2.24) is 4.90 Å². The molecule has 1 aromatic rings. The van der Waals surface area contributed by atoms with Crippen LogP contribution in [0.4, 0.5) is 5.69 Å². The molecule has 0 atom stereocenters. The summed E-state index contributed by atoms with van der Waals surface area (Å²) in [5, 5.41) is 0. The Labute approximate surface area is 112 Å². The fourth-order valence-corrected chi connectivity index (χ4v) is 1.94. The molecule has 0 saturated carbocycles. The molecule has 0 aromatic heterocycles. The number of halogens is 1. The first-order valence-corrected chi connectivity index (χ1v) is 6.62. The summed E-state index contributed by atoms with van der Waals surface area (Å²) in [6, 6.07) is 8.30. The van der Waals surface area contributed by atoms with Gasteiger partial charge in [0.2, 0.25) is 0 Å². The van der Waals surface area contributed by atoms with E-state index >= 15 is 0 Å². The van der Waals surface area contributed by atoms with E-state index in [1.54, 1.807) is 0 Å². The summed E-state index contributed by atoms with van der Waals surface area (Å²) < 4.78 is 10.9. The van der Waals surface area contributed by atoms with Crippen LogP contribution >= 0.6 is 11.6 Å². The second-order valence-corrected chi connectivity index (χ2v) is 4.22. The number of benzene rings is 1. The van der Waals surface area contributed by atoms with E-state index in [9.17, 15) is 0 Å². The first-order valence-electron chi connectivity index (χ1n) is 6.08. The van der Waals surface area contributed by atoms with E-state index in [-0.39, 0.29) is 0 Å². The second kappa shape index (κ2) is 6.50. The summed E-state index contributed by atoms with van der Waals surface area (Å²) in [6.45, 7) is 4.91. The molecule has 0 unspecified atom stereocenters. The Bertz CT molecular complexity index is 406. The third-order valence-corrected chi connectivity index (χ3v) is 2.76. The molecule has 0 aliphatic carbocycles. The van der Waals surface area contributed by atoms with Crippen molar-refractivity contribution in [3.8, 4) is 5.75 Å². The standard InChI is InChI=1S/C13H17ClN2O2/c1-2-17-12-5-3-11(4-6-12)15-13-16(8-7-14)9-10-18-13/h3-6H,2,7-10H2,1H3. The maximum absolute atomic E-state index is 5.74. The fraction of sp³-hybridized carbons (Fsp3) is 0.462. The van der Waals surface area contributed by atoms with E-state index < -0.39 is 0 Å². The zero-order valence-corrected chi connectivity index (χ0v) is 11.2. The molecule has 1 saturated heterocycles. The number of amidine groups is 1. The molecule has 98 valence electrons. The van der Waals surface area contributed by atoms with Crippen LogP contribution in [0.2, 0.25) is 0 Å². The van der Waals surface area contributed by atoms with Gasteiger partial charge in [-0.25, -0.2) is 0 Å². The number of aliphatic imine (C=N–C) groups is 1. The topological polar surface area (TPSA) is 34.1 Å². The van der Waals surface area contributed by atoms with E-state index in [4.69, 9.17) is 21.1 Å². The number of alkyl halides is 1. The van der Waals surface area contributed by atoms with Gasteiger partial charge in [-0.15, -0.1) is 11.6 Å². The zero-order valence-electron chi connectivity index (χ0n) is 10.4. The normalized spacial score (nSPS) is 17.0.